The summed E-state index contributed by atoms with van der Waals surface area (Å²) in [6, 6.07) is 12.6. The molecular formula is C22H30NO3P. The topological polar surface area (TPSA) is 40.0 Å². The molecule has 2 rings (SSSR count). The van der Waals surface area contributed by atoms with Crippen LogP contribution in [0.4, 0.5) is 0 Å². The van der Waals surface area contributed by atoms with E-state index in [4.69, 9.17) is 14.2 Å². The molecule has 2 aromatic carbocycles. The summed E-state index contributed by atoms with van der Waals surface area (Å²) in [5.41, 5.74) is 3.56. The lowest BCUT2D eigenvalue weighted by atomic mass is 9.96. The molecule has 0 radical (unpaired) electrons. The van der Waals surface area contributed by atoms with E-state index in [0.717, 1.165) is 23.5 Å². The van der Waals surface area contributed by atoms with Gasteiger partial charge in [-0.3, -0.25) is 4.99 Å². The molecule has 27 heavy (non-hydrogen) atoms. The molecule has 146 valence electrons. The molecule has 0 aliphatic heterocycles. The van der Waals surface area contributed by atoms with Gasteiger partial charge >= 0.3 is 0 Å². The zero-order valence-corrected chi connectivity index (χ0v) is 18.1. The zero-order chi connectivity index (χ0) is 19.9. The van der Waals surface area contributed by atoms with E-state index >= 15 is 0 Å². The van der Waals surface area contributed by atoms with E-state index in [1.54, 1.807) is 14.2 Å². The normalized spacial score (nSPS) is 14.0. The SMILES string of the molecule is CCC(C)(Pc1ccc(C)cc1/C=N/C)c1cc(OC)ccc1OCOC. The van der Waals surface area contributed by atoms with Gasteiger partial charge in [0.25, 0.3) is 0 Å². The first-order chi connectivity index (χ1) is 13.0. The van der Waals surface area contributed by atoms with Gasteiger partial charge in [-0.2, -0.15) is 0 Å². The summed E-state index contributed by atoms with van der Waals surface area (Å²) < 4.78 is 16.5. The number of aryl methyl sites for hydroxylation is 1. The van der Waals surface area contributed by atoms with Gasteiger partial charge in [-0.15, -0.1) is 0 Å². The molecule has 0 aliphatic carbocycles. The van der Waals surface area contributed by atoms with E-state index < -0.39 is 0 Å². The molecule has 0 spiro atoms. The number of rotatable bonds is 9. The summed E-state index contributed by atoms with van der Waals surface area (Å²) >= 11 is 0. The van der Waals surface area contributed by atoms with Crippen LogP contribution in [-0.2, 0) is 9.89 Å². The van der Waals surface area contributed by atoms with Crippen LogP contribution in [0.1, 0.15) is 37.0 Å². The highest BCUT2D eigenvalue weighted by molar-refractivity contribution is 7.48. The molecule has 0 heterocycles. The van der Waals surface area contributed by atoms with Gasteiger partial charge in [-0.25, -0.2) is 0 Å². The number of nitrogens with zero attached hydrogens (tertiary/aromatic N) is 1. The van der Waals surface area contributed by atoms with Crippen molar-refractivity contribution in [1.82, 2.24) is 0 Å². The monoisotopic (exact) mass is 387 g/mol. The standard InChI is InChI=1S/C22H30NO3P/c1-7-22(3,27-21-11-8-16(2)12-17(21)14-23-4)19-13-18(25-6)9-10-20(19)26-15-24-5/h8-14,27H,7,15H2,1-6H3/b23-14+. The molecule has 0 bridgehead atoms. The Hall–Kier alpha value is -1.90. The highest BCUT2D eigenvalue weighted by Crippen LogP contribution is 2.48. The van der Waals surface area contributed by atoms with E-state index in [9.17, 15) is 0 Å². The van der Waals surface area contributed by atoms with Crippen LogP contribution in [0.15, 0.2) is 41.4 Å². The van der Waals surface area contributed by atoms with Crippen LogP contribution in [0.3, 0.4) is 0 Å². The first kappa shape index (κ1) is 21.4. The van der Waals surface area contributed by atoms with Gasteiger partial charge in [-0.05, 0) is 48.5 Å². The zero-order valence-electron chi connectivity index (χ0n) is 17.1. The van der Waals surface area contributed by atoms with Crippen molar-refractivity contribution in [1.29, 1.82) is 0 Å². The number of hydrogen-bond donors (Lipinski definition) is 0. The van der Waals surface area contributed by atoms with Gasteiger partial charge in [0.2, 0.25) is 0 Å². The maximum atomic E-state index is 5.87. The van der Waals surface area contributed by atoms with Crippen molar-refractivity contribution in [2.75, 3.05) is 28.1 Å². The summed E-state index contributed by atoms with van der Waals surface area (Å²) in [4.78, 5) is 4.24. The molecule has 0 aliphatic rings. The largest absolute Gasteiger partial charge is 0.497 e. The van der Waals surface area contributed by atoms with Crippen molar-refractivity contribution >= 4 is 20.1 Å². The van der Waals surface area contributed by atoms with Crippen LogP contribution >= 0.6 is 8.58 Å². The Kier molecular flexibility index (Phi) is 7.82. The van der Waals surface area contributed by atoms with Crippen LogP contribution < -0.4 is 14.8 Å². The van der Waals surface area contributed by atoms with E-state index in [-0.39, 0.29) is 11.9 Å². The van der Waals surface area contributed by atoms with Crippen LogP contribution in [0, 0.1) is 6.92 Å². The molecular weight excluding hydrogens is 357 g/mol. The van der Waals surface area contributed by atoms with Gasteiger partial charge in [0.05, 0.1) is 7.11 Å². The van der Waals surface area contributed by atoms with E-state index in [1.807, 2.05) is 25.4 Å². The minimum atomic E-state index is -0.0940. The molecule has 0 N–H and O–H groups in total. The molecule has 0 saturated heterocycles. The third-order valence-corrected chi connectivity index (χ3v) is 6.61. The summed E-state index contributed by atoms with van der Waals surface area (Å²) in [5.74, 6) is 1.67. The molecule has 0 saturated carbocycles. The third kappa shape index (κ3) is 5.31. The Balaban J connectivity index is 2.50. The van der Waals surface area contributed by atoms with Crippen LogP contribution in [0.25, 0.3) is 0 Å². The molecule has 0 aromatic heterocycles. The summed E-state index contributed by atoms with van der Waals surface area (Å²) in [5, 5.41) is 1.21. The van der Waals surface area contributed by atoms with Crippen molar-refractivity contribution in [3.8, 4) is 11.5 Å². The second-order valence-corrected chi connectivity index (χ2v) is 8.59. The maximum absolute atomic E-state index is 5.87. The summed E-state index contributed by atoms with van der Waals surface area (Å²) in [7, 11) is 5.70. The van der Waals surface area contributed by atoms with Gasteiger partial charge in [0, 0.05) is 31.1 Å². The van der Waals surface area contributed by atoms with E-state index in [0.29, 0.717) is 8.58 Å². The third-order valence-electron chi connectivity index (χ3n) is 4.71. The van der Waals surface area contributed by atoms with Crippen molar-refractivity contribution < 1.29 is 14.2 Å². The molecule has 2 aromatic rings. The summed E-state index contributed by atoms with van der Waals surface area (Å²) in [6.45, 7) is 6.83. The van der Waals surface area contributed by atoms with Gasteiger partial charge < -0.3 is 14.2 Å². The first-order valence-electron chi connectivity index (χ1n) is 9.08. The molecule has 5 heteroatoms. The lowest BCUT2D eigenvalue weighted by Crippen LogP contribution is -2.21. The quantitative estimate of drug-likeness (QED) is 0.357. The lowest BCUT2D eigenvalue weighted by Gasteiger charge is -2.32. The van der Waals surface area contributed by atoms with E-state index in [2.05, 4.69) is 50.0 Å². The van der Waals surface area contributed by atoms with E-state index in [1.165, 1.54) is 16.4 Å². The fourth-order valence-corrected chi connectivity index (χ4v) is 4.55. The Labute approximate surface area is 164 Å². The molecule has 0 amide bonds. The minimum absolute atomic E-state index is 0.0940. The average Bonchev–Trinajstić information content (AvgIpc) is 2.68. The van der Waals surface area contributed by atoms with Crippen molar-refractivity contribution in [3.63, 3.8) is 0 Å². The van der Waals surface area contributed by atoms with Crippen LogP contribution in [-0.4, -0.2) is 34.3 Å². The van der Waals surface area contributed by atoms with Gasteiger partial charge in [0.15, 0.2) is 6.79 Å². The fourth-order valence-electron chi connectivity index (χ4n) is 3.00. The molecule has 0 fully saturated rings. The molecule has 2 unspecified atom stereocenters. The predicted octanol–water partition coefficient (Wildman–Crippen LogP) is 4.66. The highest BCUT2D eigenvalue weighted by atomic mass is 31.1. The molecule has 2 atom stereocenters. The highest BCUT2D eigenvalue weighted by Gasteiger charge is 2.30. The Bertz CT molecular complexity index is 791. The number of hydrogen-bond acceptors (Lipinski definition) is 4. The predicted molar refractivity (Wildman–Crippen MR) is 116 cm³/mol. The fraction of sp³-hybridized carbons (Fsp3) is 0.409. The number of methoxy groups -OCH3 is 2. The van der Waals surface area contributed by atoms with Crippen LogP contribution in [0.5, 0.6) is 11.5 Å². The Morgan fingerprint density at radius 2 is 1.93 bits per heavy atom. The molecule has 4 nitrogen and oxygen atoms in total. The van der Waals surface area contributed by atoms with Crippen LogP contribution in [0.2, 0.25) is 0 Å². The average molecular weight is 387 g/mol. The second kappa shape index (κ2) is 9.87. The van der Waals surface area contributed by atoms with Gasteiger partial charge in [0.1, 0.15) is 11.5 Å². The number of ether oxygens (including phenoxy) is 3. The van der Waals surface area contributed by atoms with Crippen molar-refractivity contribution in [3.05, 3.63) is 53.1 Å². The maximum Gasteiger partial charge on any atom is 0.188 e. The van der Waals surface area contributed by atoms with Crippen molar-refractivity contribution in [2.24, 2.45) is 4.99 Å². The minimum Gasteiger partial charge on any atom is -0.497 e. The van der Waals surface area contributed by atoms with Gasteiger partial charge in [-0.1, -0.05) is 40.1 Å². The van der Waals surface area contributed by atoms with Crippen molar-refractivity contribution in [2.45, 2.75) is 32.3 Å². The second-order valence-electron chi connectivity index (χ2n) is 6.70. The number of aliphatic imine (C=N–C) groups is 1. The number of benzene rings is 2. The Morgan fingerprint density at radius 3 is 2.56 bits per heavy atom. The first-order valence-corrected chi connectivity index (χ1v) is 10.1. The Morgan fingerprint density at radius 1 is 1.15 bits per heavy atom. The lowest BCUT2D eigenvalue weighted by molar-refractivity contribution is 0.0500. The summed E-state index contributed by atoms with van der Waals surface area (Å²) in [6.07, 6.45) is 2.91. The smallest absolute Gasteiger partial charge is 0.188 e.